The second-order valence-electron chi connectivity index (χ2n) is 6.06. The zero-order valence-electron chi connectivity index (χ0n) is 12.8. The van der Waals surface area contributed by atoms with Gasteiger partial charge in [-0.25, -0.2) is 0 Å². The molecule has 0 bridgehead atoms. The standard InChI is InChI=1S/C16H26ClN3/c1-4-6-14-11-20(16(3,5-2)12-19-14)10-13-7-8-18-9-15(13)17/h7-9,14,19H,4-6,10-12H2,1-3H3. The normalized spacial score (nSPS) is 27.7. The number of aromatic nitrogens is 1. The quantitative estimate of drug-likeness (QED) is 0.901. The maximum absolute atomic E-state index is 6.27. The third kappa shape index (κ3) is 3.51. The van der Waals surface area contributed by atoms with E-state index in [1.807, 2.05) is 12.3 Å². The van der Waals surface area contributed by atoms with Crippen LogP contribution < -0.4 is 5.32 Å². The van der Waals surface area contributed by atoms with Gasteiger partial charge >= 0.3 is 0 Å². The van der Waals surface area contributed by atoms with E-state index in [0.29, 0.717) is 6.04 Å². The Hall–Kier alpha value is -0.640. The SMILES string of the molecule is CCCC1CN(Cc2ccncc2Cl)C(C)(CC)CN1. The second kappa shape index (κ2) is 6.88. The summed E-state index contributed by atoms with van der Waals surface area (Å²) in [6.07, 6.45) is 7.17. The number of hydrogen-bond acceptors (Lipinski definition) is 3. The van der Waals surface area contributed by atoms with Gasteiger partial charge in [-0.1, -0.05) is 31.9 Å². The lowest BCUT2D eigenvalue weighted by Gasteiger charge is -2.48. The van der Waals surface area contributed by atoms with E-state index in [0.717, 1.165) is 31.1 Å². The van der Waals surface area contributed by atoms with Crippen molar-refractivity contribution in [2.24, 2.45) is 0 Å². The number of rotatable bonds is 5. The molecule has 2 atom stereocenters. The van der Waals surface area contributed by atoms with Gasteiger partial charge in [-0.05, 0) is 31.4 Å². The monoisotopic (exact) mass is 295 g/mol. The molecule has 20 heavy (non-hydrogen) atoms. The summed E-state index contributed by atoms with van der Waals surface area (Å²) < 4.78 is 0. The molecule has 1 aliphatic rings. The van der Waals surface area contributed by atoms with Crippen LogP contribution in [-0.4, -0.2) is 34.6 Å². The molecule has 1 aromatic heterocycles. The molecule has 1 aromatic rings. The van der Waals surface area contributed by atoms with Crippen LogP contribution in [0.2, 0.25) is 5.02 Å². The molecule has 1 N–H and O–H groups in total. The lowest BCUT2D eigenvalue weighted by molar-refractivity contribution is 0.0397. The second-order valence-corrected chi connectivity index (χ2v) is 6.47. The summed E-state index contributed by atoms with van der Waals surface area (Å²) in [5.41, 5.74) is 1.38. The summed E-state index contributed by atoms with van der Waals surface area (Å²) >= 11 is 6.27. The molecule has 2 rings (SSSR count). The van der Waals surface area contributed by atoms with Gasteiger partial charge in [-0.2, -0.15) is 0 Å². The average Bonchev–Trinajstić information content (AvgIpc) is 2.45. The maximum Gasteiger partial charge on any atom is 0.0634 e. The molecule has 4 heteroatoms. The average molecular weight is 296 g/mol. The summed E-state index contributed by atoms with van der Waals surface area (Å²) in [6.45, 7) is 9.92. The zero-order chi connectivity index (χ0) is 14.6. The van der Waals surface area contributed by atoms with Crippen molar-refractivity contribution in [2.45, 2.75) is 58.2 Å². The molecule has 0 spiro atoms. The van der Waals surface area contributed by atoms with Crippen molar-refractivity contribution in [1.82, 2.24) is 15.2 Å². The van der Waals surface area contributed by atoms with Crippen LogP contribution in [0.4, 0.5) is 0 Å². The number of nitrogens with zero attached hydrogens (tertiary/aromatic N) is 2. The van der Waals surface area contributed by atoms with Crippen LogP contribution in [0.5, 0.6) is 0 Å². The van der Waals surface area contributed by atoms with Crippen LogP contribution in [0.3, 0.4) is 0 Å². The van der Waals surface area contributed by atoms with Crippen molar-refractivity contribution < 1.29 is 0 Å². The molecule has 112 valence electrons. The van der Waals surface area contributed by atoms with Crippen LogP contribution in [-0.2, 0) is 6.54 Å². The van der Waals surface area contributed by atoms with Crippen LogP contribution >= 0.6 is 11.6 Å². The van der Waals surface area contributed by atoms with Crippen molar-refractivity contribution in [1.29, 1.82) is 0 Å². The minimum absolute atomic E-state index is 0.205. The van der Waals surface area contributed by atoms with Crippen LogP contribution in [0.15, 0.2) is 18.5 Å². The van der Waals surface area contributed by atoms with Gasteiger partial charge in [-0.15, -0.1) is 0 Å². The summed E-state index contributed by atoms with van der Waals surface area (Å²) in [4.78, 5) is 6.66. The maximum atomic E-state index is 6.27. The van der Waals surface area contributed by atoms with Gasteiger partial charge < -0.3 is 5.32 Å². The summed E-state index contributed by atoms with van der Waals surface area (Å²) in [7, 11) is 0. The van der Waals surface area contributed by atoms with E-state index in [1.54, 1.807) is 6.20 Å². The highest BCUT2D eigenvalue weighted by Gasteiger charge is 2.36. The van der Waals surface area contributed by atoms with E-state index in [9.17, 15) is 0 Å². The van der Waals surface area contributed by atoms with Gasteiger partial charge in [-0.3, -0.25) is 9.88 Å². The van der Waals surface area contributed by atoms with Crippen molar-refractivity contribution in [3.63, 3.8) is 0 Å². The van der Waals surface area contributed by atoms with Gasteiger partial charge in [0.2, 0.25) is 0 Å². The molecule has 0 saturated carbocycles. The Labute approximate surface area is 127 Å². The van der Waals surface area contributed by atoms with Gasteiger partial charge in [0.05, 0.1) is 5.02 Å². The minimum Gasteiger partial charge on any atom is -0.311 e. The van der Waals surface area contributed by atoms with Crippen molar-refractivity contribution in [3.05, 3.63) is 29.0 Å². The number of hydrogen-bond donors (Lipinski definition) is 1. The summed E-state index contributed by atoms with van der Waals surface area (Å²) in [6, 6.07) is 2.63. The highest BCUT2D eigenvalue weighted by molar-refractivity contribution is 6.31. The predicted molar refractivity (Wildman–Crippen MR) is 85.1 cm³/mol. The fourth-order valence-corrected chi connectivity index (χ4v) is 3.09. The van der Waals surface area contributed by atoms with E-state index in [4.69, 9.17) is 11.6 Å². The lowest BCUT2D eigenvalue weighted by Crippen LogP contribution is -2.62. The Morgan fingerprint density at radius 2 is 2.30 bits per heavy atom. The van der Waals surface area contributed by atoms with Gasteiger partial charge in [0.25, 0.3) is 0 Å². The van der Waals surface area contributed by atoms with E-state index < -0.39 is 0 Å². The number of pyridine rings is 1. The third-order valence-electron chi connectivity index (χ3n) is 4.59. The molecule has 1 aliphatic heterocycles. The minimum atomic E-state index is 0.205. The Bertz CT molecular complexity index is 437. The highest BCUT2D eigenvalue weighted by atomic mass is 35.5. The molecular weight excluding hydrogens is 270 g/mol. The first-order valence-corrected chi connectivity index (χ1v) is 8.03. The number of piperazine rings is 1. The highest BCUT2D eigenvalue weighted by Crippen LogP contribution is 2.27. The molecule has 0 amide bonds. The van der Waals surface area contributed by atoms with E-state index in [2.05, 4.69) is 36.0 Å². The molecule has 1 fully saturated rings. The Morgan fingerprint density at radius 3 is 2.95 bits per heavy atom. The fraction of sp³-hybridized carbons (Fsp3) is 0.688. The summed E-state index contributed by atoms with van der Waals surface area (Å²) in [5.74, 6) is 0. The Balaban J connectivity index is 2.13. The van der Waals surface area contributed by atoms with Crippen molar-refractivity contribution in [2.75, 3.05) is 13.1 Å². The van der Waals surface area contributed by atoms with E-state index in [-0.39, 0.29) is 5.54 Å². The predicted octanol–water partition coefficient (Wildman–Crippen LogP) is 3.48. The van der Waals surface area contributed by atoms with Crippen LogP contribution in [0, 0.1) is 0 Å². The van der Waals surface area contributed by atoms with E-state index >= 15 is 0 Å². The molecule has 0 aromatic carbocycles. The topological polar surface area (TPSA) is 28.2 Å². The smallest absolute Gasteiger partial charge is 0.0634 e. The zero-order valence-corrected chi connectivity index (χ0v) is 13.6. The largest absolute Gasteiger partial charge is 0.311 e. The molecule has 3 nitrogen and oxygen atoms in total. The van der Waals surface area contributed by atoms with Gasteiger partial charge in [0, 0.05) is 43.6 Å². The lowest BCUT2D eigenvalue weighted by atomic mass is 9.90. The van der Waals surface area contributed by atoms with Gasteiger partial charge in [0.15, 0.2) is 0 Å². The van der Waals surface area contributed by atoms with Crippen molar-refractivity contribution >= 4 is 11.6 Å². The first-order chi connectivity index (χ1) is 9.59. The first kappa shape index (κ1) is 15.7. The third-order valence-corrected chi connectivity index (χ3v) is 4.93. The van der Waals surface area contributed by atoms with Crippen molar-refractivity contribution in [3.8, 4) is 0 Å². The number of halogens is 1. The molecular formula is C16H26ClN3. The number of nitrogens with one attached hydrogen (secondary N) is 1. The molecule has 0 aliphatic carbocycles. The summed E-state index contributed by atoms with van der Waals surface area (Å²) in [5, 5.41) is 4.48. The fourth-order valence-electron chi connectivity index (χ4n) is 2.91. The Morgan fingerprint density at radius 1 is 1.50 bits per heavy atom. The molecule has 1 saturated heterocycles. The molecule has 2 heterocycles. The van der Waals surface area contributed by atoms with Crippen LogP contribution in [0.25, 0.3) is 0 Å². The first-order valence-electron chi connectivity index (χ1n) is 7.66. The van der Waals surface area contributed by atoms with Crippen LogP contribution in [0.1, 0.15) is 45.6 Å². The van der Waals surface area contributed by atoms with E-state index in [1.165, 1.54) is 18.4 Å². The van der Waals surface area contributed by atoms with Gasteiger partial charge in [0.1, 0.15) is 0 Å². The molecule has 0 radical (unpaired) electrons. The molecule has 2 unspecified atom stereocenters. The Kier molecular flexibility index (Phi) is 5.42.